The normalized spacial score (nSPS) is 19.4. The molecule has 132 valence electrons. The van der Waals surface area contributed by atoms with Gasteiger partial charge in [0, 0.05) is 5.70 Å². The van der Waals surface area contributed by atoms with Gasteiger partial charge in [-0.25, -0.2) is 0 Å². The molecular formula is C18H19ClN2O3S. The molecule has 2 N–H and O–H groups in total. The summed E-state index contributed by atoms with van der Waals surface area (Å²) in [5, 5.41) is 6.74. The zero-order valence-corrected chi connectivity index (χ0v) is 15.6. The molecule has 5 nitrogen and oxygen atoms in total. The molecule has 1 saturated heterocycles. The number of ketones is 1. The van der Waals surface area contributed by atoms with Gasteiger partial charge in [0.15, 0.2) is 16.6 Å². The molecular weight excluding hydrogens is 360 g/mol. The van der Waals surface area contributed by atoms with Crippen molar-refractivity contribution in [3.63, 3.8) is 0 Å². The summed E-state index contributed by atoms with van der Waals surface area (Å²) in [7, 11) is 0. The molecule has 1 aromatic carbocycles. The number of ether oxygens (including phenoxy) is 2. The van der Waals surface area contributed by atoms with Crippen molar-refractivity contribution < 1.29 is 14.3 Å². The summed E-state index contributed by atoms with van der Waals surface area (Å²) in [5.74, 6) is 2.69. The minimum atomic E-state index is -0.491. The molecule has 0 bridgehead atoms. The number of Topliss-reactive ketones (excluding diaryl/α,β-unsaturated/α-hetero) is 1. The number of carbonyl (C=O) groups is 1. The first-order chi connectivity index (χ1) is 11.9. The van der Waals surface area contributed by atoms with Gasteiger partial charge in [0.25, 0.3) is 0 Å². The summed E-state index contributed by atoms with van der Waals surface area (Å²) >= 11 is 11.6. The number of thiocarbonyl (C=S) groups is 1. The van der Waals surface area contributed by atoms with Gasteiger partial charge < -0.3 is 20.1 Å². The molecule has 1 heterocycles. The molecule has 0 aromatic heterocycles. The lowest BCUT2D eigenvalue weighted by Crippen LogP contribution is -2.50. The van der Waals surface area contributed by atoms with Crippen LogP contribution in [0.25, 0.3) is 0 Å². The fraction of sp³-hybridized carbons (Fsp3) is 0.333. The first kappa shape index (κ1) is 19.1. The van der Waals surface area contributed by atoms with Crippen molar-refractivity contribution in [2.24, 2.45) is 5.92 Å². The van der Waals surface area contributed by atoms with Crippen molar-refractivity contribution in [2.45, 2.75) is 19.9 Å². The molecule has 0 unspecified atom stereocenters. The Morgan fingerprint density at radius 3 is 2.80 bits per heavy atom. The minimum Gasteiger partial charge on any atom is -0.490 e. The van der Waals surface area contributed by atoms with Gasteiger partial charge in [0.2, 0.25) is 0 Å². The molecule has 0 radical (unpaired) electrons. The number of hydrogen-bond acceptors (Lipinski definition) is 4. The van der Waals surface area contributed by atoms with Crippen LogP contribution in [0.1, 0.15) is 25.5 Å². The molecule has 0 saturated carbocycles. The van der Waals surface area contributed by atoms with Crippen LogP contribution in [0.5, 0.6) is 11.5 Å². The molecule has 0 aliphatic carbocycles. The predicted octanol–water partition coefficient (Wildman–Crippen LogP) is 2.99. The van der Waals surface area contributed by atoms with E-state index in [2.05, 4.69) is 23.1 Å². The minimum absolute atomic E-state index is 0.0424. The average molecular weight is 379 g/mol. The highest BCUT2D eigenvalue weighted by molar-refractivity contribution is 7.80. The summed E-state index contributed by atoms with van der Waals surface area (Å²) in [4.78, 5) is 12.1. The van der Waals surface area contributed by atoms with Crippen molar-refractivity contribution in [2.75, 3.05) is 13.2 Å². The number of terminal acetylenes is 1. The molecule has 1 aromatic rings. The van der Waals surface area contributed by atoms with E-state index in [-0.39, 0.29) is 12.4 Å². The first-order valence-electron chi connectivity index (χ1n) is 7.68. The summed E-state index contributed by atoms with van der Waals surface area (Å²) < 4.78 is 11.1. The second-order valence-corrected chi connectivity index (χ2v) is 6.26. The smallest absolute Gasteiger partial charge is 0.181 e. The molecule has 7 heteroatoms. The van der Waals surface area contributed by atoms with Crippen LogP contribution in [-0.4, -0.2) is 24.1 Å². The monoisotopic (exact) mass is 378 g/mol. The molecule has 2 atom stereocenters. The van der Waals surface area contributed by atoms with Gasteiger partial charge in [-0.2, -0.15) is 0 Å². The maximum absolute atomic E-state index is 12.1. The third kappa shape index (κ3) is 4.25. The zero-order valence-electron chi connectivity index (χ0n) is 14.0. The van der Waals surface area contributed by atoms with Gasteiger partial charge in [-0.05, 0) is 43.8 Å². The van der Waals surface area contributed by atoms with E-state index in [9.17, 15) is 4.79 Å². The van der Waals surface area contributed by atoms with Crippen LogP contribution in [-0.2, 0) is 4.79 Å². The summed E-state index contributed by atoms with van der Waals surface area (Å²) in [6.07, 6.45) is 5.24. The Morgan fingerprint density at radius 2 is 2.20 bits per heavy atom. The van der Waals surface area contributed by atoms with E-state index in [0.717, 1.165) is 5.56 Å². The molecule has 1 aliphatic heterocycles. The van der Waals surface area contributed by atoms with Crippen LogP contribution >= 0.6 is 23.8 Å². The lowest BCUT2D eigenvalue weighted by molar-refractivity contribution is -0.120. The van der Waals surface area contributed by atoms with Crippen LogP contribution in [0.15, 0.2) is 24.4 Å². The Morgan fingerprint density at radius 1 is 1.48 bits per heavy atom. The van der Waals surface area contributed by atoms with E-state index >= 15 is 0 Å². The topological polar surface area (TPSA) is 59.6 Å². The number of hydrogen-bond donors (Lipinski definition) is 2. The van der Waals surface area contributed by atoms with E-state index in [1.165, 1.54) is 6.92 Å². The van der Waals surface area contributed by atoms with Crippen LogP contribution in [0.2, 0.25) is 5.02 Å². The lowest BCUT2D eigenvalue weighted by atomic mass is 9.86. The largest absolute Gasteiger partial charge is 0.490 e. The van der Waals surface area contributed by atoms with Crippen LogP contribution < -0.4 is 20.1 Å². The van der Waals surface area contributed by atoms with E-state index in [1.807, 2.05) is 6.92 Å². The fourth-order valence-electron chi connectivity index (χ4n) is 2.73. The molecule has 25 heavy (non-hydrogen) atoms. The lowest BCUT2D eigenvalue weighted by Gasteiger charge is -2.35. The van der Waals surface area contributed by atoms with Crippen molar-refractivity contribution in [3.8, 4) is 23.8 Å². The Balaban J connectivity index is 2.49. The number of rotatable bonds is 6. The number of carbonyl (C=O) groups excluding carboxylic acids is 1. The fourth-order valence-corrected chi connectivity index (χ4v) is 3.26. The van der Waals surface area contributed by atoms with Crippen molar-refractivity contribution in [1.82, 2.24) is 10.6 Å². The molecule has 1 fully saturated rings. The SMILES string of the molecule is C#CCOc1c(Cl)cc([C@@H]2NC(=S)NC(=C)[C@H]2C(C)=O)cc1OCC. The van der Waals surface area contributed by atoms with Crippen LogP contribution in [0.4, 0.5) is 0 Å². The summed E-state index contributed by atoms with van der Waals surface area (Å²) in [6.45, 7) is 7.77. The third-order valence-corrected chi connectivity index (χ3v) is 4.20. The summed E-state index contributed by atoms with van der Waals surface area (Å²) in [5.41, 5.74) is 1.29. The van der Waals surface area contributed by atoms with Crippen LogP contribution in [0.3, 0.4) is 0 Å². The van der Waals surface area contributed by atoms with Gasteiger partial charge in [0.05, 0.1) is 23.6 Å². The summed E-state index contributed by atoms with van der Waals surface area (Å²) in [6, 6.07) is 3.08. The predicted molar refractivity (Wildman–Crippen MR) is 102 cm³/mol. The number of halogens is 1. The highest BCUT2D eigenvalue weighted by Gasteiger charge is 2.35. The van der Waals surface area contributed by atoms with E-state index in [1.54, 1.807) is 12.1 Å². The van der Waals surface area contributed by atoms with Gasteiger partial charge in [-0.15, -0.1) is 6.42 Å². The number of nitrogens with one attached hydrogen (secondary N) is 2. The second kappa shape index (κ2) is 8.24. The Kier molecular flexibility index (Phi) is 6.29. The van der Waals surface area contributed by atoms with Gasteiger partial charge in [-0.3, -0.25) is 4.79 Å². The number of benzene rings is 1. The van der Waals surface area contributed by atoms with E-state index in [4.69, 9.17) is 39.7 Å². The highest BCUT2D eigenvalue weighted by atomic mass is 35.5. The zero-order chi connectivity index (χ0) is 18.6. The van der Waals surface area contributed by atoms with E-state index < -0.39 is 12.0 Å². The molecule has 0 amide bonds. The maximum Gasteiger partial charge on any atom is 0.181 e. The van der Waals surface area contributed by atoms with Gasteiger partial charge in [0.1, 0.15) is 12.4 Å². The highest BCUT2D eigenvalue weighted by Crippen LogP contribution is 2.40. The molecule has 2 rings (SSSR count). The maximum atomic E-state index is 12.1. The second-order valence-electron chi connectivity index (χ2n) is 5.45. The van der Waals surface area contributed by atoms with Crippen molar-refractivity contribution in [1.29, 1.82) is 0 Å². The van der Waals surface area contributed by atoms with E-state index in [0.29, 0.717) is 33.9 Å². The van der Waals surface area contributed by atoms with Crippen molar-refractivity contribution >= 4 is 34.7 Å². The first-order valence-corrected chi connectivity index (χ1v) is 8.46. The van der Waals surface area contributed by atoms with Gasteiger partial charge in [-0.1, -0.05) is 24.1 Å². The van der Waals surface area contributed by atoms with Crippen LogP contribution in [0, 0.1) is 18.3 Å². The molecule has 0 spiro atoms. The van der Waals surface area contributed by atoms with Crippen molar-refractivity contribution in [3.05, 3.63) is 35.0 Å². The Labute approximate surface area is 157 Å². The Hall–Kier alpha value is -2.23. The Bertz CT molecular complexity index is 757. The standard InChI is InChI=1S/C18H19ClN2O3S/c1-5-7-24-17-13(19)8-12(9-14(17)23-6-2)16-15(11(4)22)10(3)20-18(25)21-16/h1,8-9,15-16H,3,6-7H2,2,4H3,(H2,20,21,25)/t15-,16-/m0/s1. The third-order valence-electron chi connectivity index (χ3n) is 3.70. The molecule has 1 aliphatic rings. The van der Waals surface area contributed by atoms with Gasteiger partial charge >= 0.3 is 0 Å². The quantitative estimate of drug-likeness (QED) is 0.586. The average Bonchev–Trinajstić information content (AvgIpc) is 2.53.